The van der Waals surface area contributed by atoms with Crippen molar-refractivity contribution in [2.24, 2.45) is 17.8 Å². The normalized spacial score (nSPS) is 14.0. The van der Waals surface area contributed by atoms with Gasteiger partial charge in [-0.2, -0.15) is 0 Å². The summed E-state index contributed by atoms with van der Waals surface area (Å²) in [5.74, 6) is -3.88. The summed E-state index contributed by atoms with van der Waals surface area (Å²) in [4.78, 5) is 21.7. The van der Waals surface area contributed by atoms with Gasteiger partial charge in [-0.1, -0.05) is 40.0 Å². The van der Waals surface area contributed by atoms with Crippen LogP contribution >= 0.6 is 0 Å². The van der Waals surface area contributed by atoms with Gasteiger partial charge in [0.25, 0.3) is 0 Å². The van der Waals surface area contributed by atoms with Crippen LogP contribution in [0.3, 0.4) is 0 Å². The molecule has 2 atom stereocenters. The zero-order valence-corrected chi connectivity index (χ0v) is 9.56. The summed E-state index contributed by atoms with van der Waals surface area (Å²) in [6, 6.07) is 0. The molecule has 2 N–H and O–H groups in total. The number of hydrogen-bond acceptors (Lipinski definition) is 2. The predicted molar refractivity (Wildman–Crippen MR) is 63.8 cm³/mol. The number of carboxylic acids is 2. The van der Waals surface area contributed by atoms with E-state index < -0.39 is 17.9 Å². The molecule has 0 amide bonds. The molecule has 0 saturated carbocycles. The summed E-state index contributed by atoms with van der Waals surface area (Å²) in [7, 11) is 0. The Hall–Kier alpha value is -0.463. The number of carbonyl (C=O) groups is 2. The van der Waals surface area contributed by atoms with Crippen LogP contribution in [0.25, 0.3) is 0 Å². The van der Waals surface area contributed by atoms with Gasteiger partial charge in [-0.25, -0.2) is 0 Å². The Balaban J connectivity index is 0. The summed E-state index contributed by atoms with van der Waals surface area (Å²) in [6.07, 6.45) is 2.66. The third-order valence-electron chi connectivity index (χ3n) is 2.99. The molecular formula is C11H21LiO4. The van der Waals surface area contributed by atoms with Crippen molar-refractivity contribution in [3.8, 4) is 0 Å². The van der Waals surface area contributed by atoms with Crippen LogP contribution in [-0.4, -0.2) is 41.0 Å². The van der Waals surface area contributed by atoms with Crippen molar-refractivity contribution in [2.75, 3.05) is 0 Å². The maximum atomic E-state index is 10.8. The molecule has 0 bridgehead atoms. The van der Waals surface area contributed by atoms with Crippen molar-refractivity contribution in [3.05, 3.63) is 0 Å². The molecule has 90 valence electrons. The fourth-order valence-electron chi connectivity index (χ4n) is 2.04. The van der Waals surface area contributed by atoms with Crippen LogP contribution in [0.1, 0.15) is 40.0 Å². The Morgan fingerprint density at radius 2 is 1.56 bits per heavy atom. The first kappa shape index (κ1) is 17.9. The van der Waals surface area contributed by atoms with Gasteiger partial charge in [-0.15, -0.1) is 0 Å². The molecule has 0 aliphatic rings. The van der Waals surface area contributed by atoms with Gasteiger partial charge in [0.15, 0.2) is 5.92 Å². The summed E-state index contributed by atoms with van der Waals surface area (Å²) in [6.45, 7) is 5.71. The van der Waals surface area contributed by atoms with Crippen molar-refractivity contribution in [3.63, 3.8) is 0 Å². The molecule has 0 aliphatic carbocycles. The first-order chi connectivity index (χ1) is 6.95. The molecule has 5 heteroatoms. The molecule has 0 rings (SSSR count). The van der Waals surface area contributed by atoms with Crippen LogP contribution in [0.15, 0.2) is 0 Å². The van der Waals surface area contributed by atoms with Gasteiger partial charge in [0.1, 0.15) is 0 Å². The molecule has 0 saturated heterocycles. The second-order valence-corrected chi connectivity index (χ2v) is 3.97. The van der Waals surface area contributed by atoms with Gasteiger partial charge >= 0.3 is 30.8 Å². The first-order valence-corrected chi connectivity index (χ1v) is 5.41. The van der Waals surface area contributed by atoms with Crippen LogP contribution in [0.4, 0.5) is 0 Å². The Bertz CT molecular complexity index is 216. The van der Waals surface area contributed by atoms with Gasteiger partial charge < -0.3 is 10.2 Å². The summed E-state index contributed by atoms with van der Waals surface area (Å²) in [5.41, 5.74) is 0. The van der Waals surface area contributed by atoms with Crippen LogP contribution in [-0.2, 0) is 9.59 Å². The maximum absolute atomic E-state index is 10.8. The average Bonchev–Trinajstić information content (AvgIpc) is 2.12. The van der Waals surface area contributed by atoms with E-state index in [0.717, 1.165) is 19.3 Å². The monoisotopic (exact) mass is 224 g/mol. The molecular weight excluding hydrogens is 203 g/mol. The Labute approximate surface area is 109 Å². The van der Waals surface area contributed by atoms with Crippen molar-refractivity contribution in [2.45, 2.75) is 40.0 Å². The quantitative estimate of drug-likeness (QED) is 0.508. The van der Waals surface area contributed by atoms with E-state index in [-0.39, 0.29) is 30.7 Å². The molecule has 16 heavy (non-hydrogen) atoms. The molecule has 2 unspecified atom stereocenters. The van der Waals surface area contributed by atoms with Crippen molar-refractivity contribution in [1.29, 1.82) is 0 Å². The van der Waals surface area contributed by atoms with Crippen molar-refractivity contribution < 1.29 is 19.8 Å². The molecule has 4 nitrogen and oxygen atoms in total. The van der Waals surface area contributed by atoms with E-state index in [2.05, 4.69) is 0 Å². The molecule has 0 aromatic carbocycles. The predicted octanol–water partition coefficient (Wildman–Crippen LogP) is 1.59. The number of hydrogen-bond donors (Lipinski definition) is 2. The van der Waals surface area contributed by atoms with Gasteiger partial charge in [0, 0.05) is 0 Å². The molecule has 0 aromatic rings. The second kappa shape index (κ2) is 8.66. The van der Waals surface area contributed by atoms with E-state index in [1.165, 1.54) is 0 Å². The molecule has 0 aromatic heterocycles. The summed E-state index contributed by atoms with van der Waals surface area (Å²) in [5, 5.41) is 17.7. The molecule has 0 fully saturated rings. The Kier molecular flexibility index (Phi) is 9.70. The zero-order valence-electron chi connectivity index (χ0n) is 9.56. The van der Waals surface area contributed by atoms with E-state index in [1.54, 1.807) is 6.92 Å². The number of rotatable bonds is 7. The van der Waals surface area contributed by atoms with Gasteiger partial charge in [0.2, 0.25) is 0 Å². The molecule has 0 spiro atoms. The number of carboxylic acid groups (broad SMARTS) is 2. The van der Waals surface area contributed by atoms with E-state index in [0.29, 0.717) is 0 Å². The van der Waals surface area contributed by atoms with Crippen LogP contribution in [0.5, 0.6) is 0 Å². The topological polar surface area (TPSA) is 74.6 Å². The third kappa shape index (κ3) is 5.04. The average molecular weight is 224 g/mol. The number of aliphatic carboxylic acids is 2. The van der Waals surface area contributed by atoms with E-state index in [4.69, 9.17) is 10.2 Å². The van der Waals surface area contributed by atoms with Crippen molar-refractivity contribution in [1.82, 2.24) is 0 Å². The molecule has 0 heterocycles. The fraction of sp³-hybridized carbons (Fsp3) is 0.818. The van der Waals surface area contributed by atoms with E-state index in [9.17, 15) is 9.59 Å². The second-order valence-electron chi connectivity index (χ2n) is 3.97. The van der Waals surface area contributed by atoms with Gasteiger partial charge in [-0.05, 0) is 11.8 Å². The third-order valence-corrected chi connectivity index (χ3v) is 2.99. The Morgan fingerprint density at radius 1 is 1.12 bits per heavy atom. The SMILES string of the molecule is CCCC(CC)C(C)C(C(=O)O)C(=O)O.[LiH]. The minimum atomic E-state index is -1.28. The van der Waals surface area contributed by atoms with E-state index in [1.807, 2.05) is 13.8 Å². The standard InChI is InChI=1S/C11H20O4.Li.H/c1-4-6-8(5-2)7(3)9(10(12)13)11(14)15;;/h7-9H,4-6H2,1-3H3,(H,12,13)(H,14,15);;. The van der Waals surface area contributed by atoms with Gasteiger partial charge in [-0.3, -0.25) is 9.59 Å². The Morgan fingerprint density at radius 3 is 1.81 bits per heavy atom. The molecule has 0 radical (unpaired) electrons. The van der Waals surface area contributed by atoms with Gasteiger partial charge in [0.05, 0.1) is 0 Å². The minimum absolute atomic E-state index is 0. The fourth-order valence-corrected chi connectivity index (χ4v) is 2.04. The first-order valence-electron chi connectivity index (χ1n) is 5.41. The van der Waals surface area contributed by atoms with Crippen LogP contribution in [0.2, 0.25) is 0 Å². The molecule has 0 aliphatic heterocycles. The summed E-state index contributed by atoms with van der Waals surface area (Å²) < 4.78 is 0. The summed E-state index contributed by atoms with van der Waals surface area (Å²) >= 11 is 0. The van der Waals surface area contributed by atoms with Crippen molar-refractivity contribution >= 4 is 30.8 Å². The van der Waals surface area contributed by atoms with Crippen LogP contribution < -0.4 is 0 Å². The van der Waals surface area contributed by atoms with E-state index >= 15 is 0 Å². The van der Waals surface area contributed by atoms with Crippen LogP contribution in [0, 0.1) is 17.8 Å². The zero-order chi connectivity index (χ0) is 12.0.